The Labute approximate surface area is 134 Å². The van der Waals surface area contributed by atoms with Crippen molar-refractivity contribution >= 4 is 43.2 Å². The fraction of sp³-hybridized carbons (Fsp3) is 0.0769. The predicted molar refractivity (Wildman–Crippen MR) is 82.8 cm³/mol. The molecule has 0 aliphatic carbocycles. The molecule has 2 N–H and O–H groups in total. The second-order valence-electron chi connectivity index (χ2n) is 4.27. The lowest BCUT2D eigenvalue weighted by atomic mass is 10.2. The molecule has 0 aliphatic heterocycles. The first-order valence-electron chi connectivity index (χ1n) is 5.68. The number of hydrogen-bond acceptors (Lipinski definition) is 3. The monoisotopic (exact) mass is 393 g/mol. The SMILES string of the molecule is Cc1cc(F)c(Br)cc1NS(=O)(=O)c1cccc(Cl)c1O. The van der Waals surface area contributed by atoms with Crippen LogP contribution in [-0.2, 0) is 10.0 Å². The zero-order chi connectivity index (χ0) is 15.8. The van der Waals surface area contributed by atoms with Crippen LogP contribution in [0.2, 0.25) is 5.02 Å². The summed E-state index contributed by atoms with van der Waals surface area (Å²) in [6.07, 6.45) is 0. The van der Waals surface area contributed by atoms with Crippen LogP contribution in [0, 0.1) is 12.7 Å². The van der Waals surface area contributed by atoms with Crippen LogP contribution < -0.4 is 4.72 Å². The minimum atomic E-state index is -4.05. The quantitative estimate of drug-likeness (QED) is 0.825. The molecular formula is C13H10BrClFNO3S. The summed E-state index contributed by atoms with van der Waals surface area (Å²) in [5.74, 6) is -1.04. The van der Waals surface area contributed by atoms with Crippen LogP contribution in [0.5, 0.6) is 5.75 Å². The summed E-state index contributed by atoms with van der Waals surface area (Å²) >= 11 is 8.69. The minimum absolute atomic E-state index is 0.0742. The first-order valence-corrected chi connectivity index (χ1v) is 8.33. The normalized spacial score (nSPS) is 11.4. The Kier molecular flexibility index (Phi) is 4.46. The van der Waals surface area contributed by atoms with Gasteiger partial charge in [0.15, 0.2) is 5.75 Å². The van der Waals surface area contributed by atoms with Crippen molar-refractivity contribution in [3.63, 3.8) is 0 Å². The Morgan fingerprint density at radius 3 is 2.67 bits per heavy atom. The summed E-state index contributed by atoms with van der Waals surface area (Å²) in [7, 11) is -4.05. The van der Waals surface area contributed by atoms with Gasteiger partial charge in [0, 0.05) is 0 Å². The van der Waals surface area contributed by atoms with Crippen molar-refractivity contribution < 1.29 is 17.9 Å². The van der Waals surface area contributed by atoms with Crippen molar-refractivity contribution in [2.45, 2.75) is 11.8 Å². The molecule has 0 atom stereocenters. The molecule has 0 spiro atoms. The molecule has 0 saturated heterocycles. The highest BCUT2D eigenvalue weighted by atomic mass is 79.9. The standard InChI is InChI=1S/C13H10BrClFNO3S/c1-7-5-10(16)8(14)6-11(7)17-21(19,20)12-4-2-3-9(15)13(12)18/h2-6,17-18H,1H3. The van der Waals surface area contributed by atoms with Crippen LogP contribution in [0.15, 0.2) is 39.7 Å². The maximum Gasteiger partial charge on any atom is 0.265 e. The van der Waals surface area contributed by atoms with Crippen molar-refractivity contribution in [3.8, 4) is 5.75 Å². The van der Waals surface area contributed by atoms with E-state index in [4.69, 9.17) is 11.6 Å². The Morgan fingerprint density at radius 1 is 1.33 bits per heavy atom. The Bertz CT molecular complexity index is 811. The van der Waals surface area contributed by atoms with Gasteiger partial charge in [-0.1, -0.05) is 17.7 Å². The van der Waals surface area contributed by atoms with Gasteiger partial charge in [0.25, 0.3) is 10.0 Å². The topological polar surface area (TPSA) is 66.4 Å². The van der Waals surface area contributed by atoms with Crippen molar-refractivity contribution in [1.82, 2.24) is 0 Å². The zero-order valence-electron chi connectivity index (χ0n) is 10.7. The number of nitrogens with one attached hydrogen (secondary N) is 1. The maximum atomic E-state index is 13.4. The van der Waals surface area contributed by atoms with E-state index in [0.29, 0.717) is 5.56 Å². The lowest BCUT2D eigenvalue weighted by Crippen LogP contribution is -2.14. The molecule has 2 aromatic rings. The van der Waals surface area contributed by atoms with E-state index in [1.165, 1.54) is 30.3 Å². The van der Waals surface area contributed by atoms with Crippen LogP contribution in [-0.4, -0.2) is 13.5 Å². The van der Waals surface area contributed by atoms with Gasteiger partial charge in [-0.15, -0.1) is 0 Å². The lowest BCUT2D eigenvalue weighted by Gasteiger charge is -2.12. The van der Waals surface area contributed by atoms with E-state index in [0.717, 1.165) is 0 Å². The van der Waals surface area contributed by atoms with E-state index in [-0.39, 0.29) is 20.1 Å². The van der Waals surface area contributed by atoms with E-state index in [9.17, 15) is 17.9 Å². The summed E-state index contributed by atoms with van der Waals surface area (Å²) in [5, 5.41) is 9.68. The highest BCUT2D eigenvalue weighted by Gasteiger charge is 2.21. The molecule has 0 radical (unpaired) electrons. The Morgan fingerprint density at radius 2 is 2.00 bits per heavy atom. The molecule has 8 heteroatoms. The number of hydrogen-bond donors (Lipinski definition) is 2. The molecule has 2 rings (SSSR count). The Balaban J connectivity index is 2.47. The van der Waals surface area contributed by atoms with Gasteiger partial charge >= 0.3 is 0 Å². The molecule has 0 aromatic heterocycles. The second kappa shape index (κ2) is 5.82. The summed E-state index contributed by atoms with van der Waals surface area (Å²) in [4.78, 5) is -0.352. The first kappa shape index (κ1) is 16.1. The number of halogens is 3. The molecule has 0 heterocycles. The van der Waals surface area contributed by atoms with E-state index in [1.54, 1.807) is 6.92 Å². The number of rotatable bonds is 3. The number of phenolic OH excluding ortho intramolecular Hbond substituents is 1. The van der Waals surface area contributed by atoms with Gasteiger partial charge in [-0.25, -0.2) is 12.8 Å². The number of sulfonamides is 1. The third kappa shape index (κ3) is 3.30. The molecule has 4 nitrogen and oxygen atoms in total. The molecule has 0 aliphatic rings. The lowest BCUT2D eigenvalue weighted by molar-refractivity contribution is 0.459. The van der Waals surface area contributed by atoms with E-state index < -0.39 is 21.6 Å². The van der Waals surface area contributed by atoms with Crippen LogP contribution in [0.4, 0.5) is 10.1 Å². The van der Waals surface area contributed by atoms with E-state index in [2.05, 4.69) is 20.7 Å². The number of anilines is 1. The van der Waals surface area contributed by atoms with Crippen molar-refractivity contribution in [3.05, 3.63) is 51.2 Å². The van der Waals surface area contributed by atoms with Gasteiger partial charge in [-0.2, -0.15) is 0 Å². The van der Waals surface area contributed by atoms with Gasteiger partial charge in [0.2, 0.25) is 0 Å². The summed E-state index contributed by atoms with van der Waals surface area (Å²) in [6.45, 7) is 1.56. The maximum absolute atomic E-state index is 13.4. The highest BCUT2D eigenvalue weighted by molar-refractivity contribution is 9.10. The predicted octanol–water partition coefficient (Wildman–Crippen LogP) is 4.06. The summed E-state index contributed by atoms with van der Waals surface area (Å²) in [6, 6.07) is 6.50. The average Bonchev–Trinajstić information content (AvgIpc) is 2.38. The van der Waals surface area contributed by atoms with Gasteiger partial charge in [-0.05, 0) is 52.7 Å². The van der Waals surface area contributed by atoms with Crippen LogP contribution in [0.25, 0.3) is 0 Å². The summed E-state index contributed by atoms with van der Waals surface area (Å²) in [5.41, 5.74) is 0.600. The molecule has 112 valence electrons. The fourth-order valence-electron chi connectivity index (χ4n) is 1.67. The molecule has 0 saturated carbocycles. The molecule has 21 heavy (non-hydrogen) atoms. The van der Waals surface area contributed by atoms with Crippen molar-refractivity contribution in [2.75, 3.05) is 4.72 Å². The van der Waals surface area contributed by atoms with Gasteiger partial charge in [0.05, 0.1) is 15.2 Å². The number of aromatic hydroxyl groups is 1. The molecule has 0 bridgehead atoms. The fourth-order valence-corrected chi connectivity index (χ4v) is 3.48. The number of aryl methyl sites for hydroxylation is 1. The van der Waals surface area contributed by atoms with Gasteiger partial charge in [0.1, 0.15) is 10.7 Å². The van der Waals surface area contributed by atoms with Gasteiger partial charge < -0.3 is 5.11 Å². The largest absolute Gasteiger partial charge is 0.505 e. The second-order valence-corrected chi connectivity index (χ2v) is 7.19. The third-order valence-electron chi connectivity index (χ3n) is 2.75. The van der Waals surface area contributed by atoms with Crippen LogP contribution >= 0.6 is 27.5 Å². The molecular weight excluding hydrogens is 385 g/mol. The third-order valence-corrected chi connectivity index (χ3v) is 5.06. The zero-order valence-corrected chi connectivity index (χ0v) is 13.9. The first-order chi connectivity index (χ1) is 9.72. The van der Waals surface area contributed by atoms with E-state index >= 15 is 0 Å². The smallest absolute Gasteiger partial charge is 0.265 e. The van der Waals surface area contributed by atoms with Crippen LogP contribution in [0.1, 0.15) is 5.56 Å². The Hall–Kier alpha value is -1.31. The average molecular weight is 395 g/mol. The highest BCUT2D eigenvalue weighted by Crippen LogP contribution is 2.33. The number of benzene rings is 2. The van der Waals surface area contributed by atoms with Gasteiger partial charge in [-0.3, -0.25) is 4.72 Å². The minimum Gasteiger partial charge on any atom is -0.505 e. The van der Waals surface area contributed by atoms with Crippen LogP contribution in [0.3, 0.4) is 0 Å². The molecule has 0 amide bonds. The summed E-state index contributed by atoms with van der Waals surface area (Å²) < 4.78 is 40.3. The molecule has 0 fully saturated rings. The molecule has 2 aromatic carbocycles. The van der Waals surface area contributed by atoms with E-state index in [1.807, 2.05) is 0 Å². The number of para-hydroxylation sites is 1. The van der Waals surface area contributed by atoms with Crippen molar-refractivity contribution in [2.24, 2.45) is 0 Å². The van der Waals surface area contributed by atoms with Crippen molar-refractivity contribution in [1.29, 1.82) is 0 Å². The number of phenols is 1. The molecule has 0 unspecified atom stereocenters.